The molecule has 0 bridgehead atoms. The van der Waals surface area contributed by atoms with Gasteiger partial charge in [0.2, 0.25) is 0 Å². The smallest absolute Gasteiger partial charge is 0.257 e. The molecule has 2 unspecified atom stereocenters. The largest absolute Gasteiger partial charge is 0.469 e. The molecule has 0 spiro atoms. The van der Waals surface area contributed by atoms with Gasteiger partial charge in [0, 0.05) is 32.6 Å². The van der Waals surface area contributed by atoms with E-state index in [1.54, 1.807) is 12.3 Å². The molecule has 1 aromatic rings. The molecule has 2 aliphatic rings. The molecule has 17 heavy (non-hydrogen) atoms. The van der Waals surface area contributed by atoms with Gasteiger partial charge in [-0.15, -0.1) is 0 Å². The van der Waals surface area contributed by atoms with E-state index in [-0.39, 0.29) is 5.91 Å². The summed E-state index contributed by atoms with van der Waals surface area (Å²) in [6.45, 7) is 5.91. The number of furan rings is 1. The Balaban J connectivity index is 1.75. The molecule has 3 heterocycles. The van der Waals surface area contributed by atoms with Crippen molar-refractivity contribution in [2.45, 2.75) is 13.3 Å². The number of hydrogen-bond donors (Lipinski definition) is 1. The summed E-state index contributed by atoms with van der Waals surface area (Å²) in [5.41, 5.74) is 0.750. The lowest BCUT2D eigenvalue weighted by Crippen LogP contribution is -2.32. The van der Waals surface area contributed by atoms with Crippen molar-refractivity contribution in [3.63, 3.8) is 0 Å². The van der Waals surface area contributed by atoms with Gasteiger partial charge < -0.3 is 14.6 Å². The Morgan fingerprint density at radius 3 is 2.82 bits per heavy atom. The molecule has 4 nitrogen and oxygen atoms in total. The quantitative estimate of drug-likeness (QED) is 0.834. The molecule has 0 saturated carbocycles. The van der Waals surface area contributed by atoms with E-state index in [1.165, 1.54) is 0 Å². The van der Waals surface area contributed by atoms with Gasteiger partial charge >= 0.3 is 0 Å². The van der Waals surface area contributed by atoms with Crippen LogP contribution in [0.1, 0.15) is 23.0 Å². The van der Waals surface area contributed by atoms with Gasteiger partial charge in [0.05, 0.1) is 11.8 Å². The van der Waals surface area contributed by atoms with E-state index in [0.29, 0.717) is 11.8 Å². The van der Waals surface area contributed by atoms with Crippen LogP contribution in [0.3, 0.4) is 0 Å². The number of fused-ring (bicyclic) bond motifs is 1. The summed E-state index contributed by atoms with van der Waals surface area (Å²) >= 11 is 0. The second kappa shape index (κ2) is 4.18. The van der Waals surface area contributed by atoms with Gasteiger partial charge in [-0.1, -0.05) is 6.92 Å². The molecule has 0 radical (unpaired) electrons. The third-order valence-electron chi connectivity index (χ3n) is 3.97. The van der Waals surface area contributed by atoms with Gasteiger partial charge in [0.1, 0.15) is 5.76 Å². The van der Waals surface area contributed by atoms with Crippen molar-refractivity contribution in [1.82, 2.24) is 10.2 Å². The second-order valence-corrected chi connectivity index (χ2v) is 5.00. The van der Waals surface area contributed by atoms with Crippen molar-refractivity contribution in [2.24, 2.45) is 11.8 Å². The number of carbonyl (C=O) groups excluding carboxylic acids is 1. The van der Waals surface area contributed by atoms with E-state index in [4.69, 9.17) is 4.42 Å². The van der Waals surface area contributed by atoms with Crippen LogP contribution >= 0.6 is 0 Å². The number of aryl methyl sites for hydroxylation is 1. The molecule has 1 N–H and O–H groups in total. The zero-order valence-electron chi connectivity index (χ0n) is 10.1. The number of carbonyl (C=O) groups is 1. The summed E-state index contributed by atoms with van der Waals surface area (Å²) in [6, 6.07) is 1.80. The zero-order chi connectivity index (χ0) is 11.8. The van der Waals surface area contributed by atoms with Crippen LogP contribution in [0.15, 0.2) is 16.7 Å². The van der Waals surface area contributed by atoms with E-state index >= 15 is 0 Å². The fraction of sp³-hybridized carbons (Fsp3) is 0.615. The van der Waals surface area contributed by atoms with Gasteiger partial charge in [-0.25, -0.2) is 0 Å². The lowest BCUT2D eigenvalue weighted by Gasteiger charge is -2.17. The molecule has 4 heteroatoms. The van der Waals surface area contributed by atoms with Gasteiger partial charge in [-0.05, 0) is 17.9 Å². The predicted octanol–water partition coefficient (Wildman–Crippen LogP) is 1.13. The van der Waals surface area contributed by atoms with Crippen LogP contribution in [0.25, 0.3) is 0 Å². The van der Waals surface area contributed by atoms with Crippen LogP contribution < -0.4 is 5.32 Å². The first-order chi connectivity index (χ1) is 8.29. The van der Waals surface area contributed by atoms with Crippen LogP contribution in [0.2, 0.25) is 0 Å². The molecule has 2 atom stereocenters. The highest BCUT2D eigenvalue weighted by Crippen LogP contribution is 2.28. The van der Waals surface area contributed by atoms with Gasteiger partial charge in [0.25, 0.3) is 5.91 Å². The minimum atomic E-state index is 0.144. The molecule has 2 aliphatic heterocycles. The Morgan fingerprint density at radius 2 is 2.18 bits per heavy atom. The molecule has 0 aromatic carbocycles. The van der Waals surface area contributed by atoms with Crippen molar-refractivity contribution in [3.05, 3.63) is 23.7 Å². The van der Waals surface area contributed by atoms with E-state index in [1.807, 2.05) is 11.8 Å². The van der Waals surface area contributed by atoms with E-state index < -0.39 is 0 Å². The predicted molar refractivity (Wildman–Crippen MR) is 63.8 cm³/mol. The maximum Gasteiger partial charge on any atom is 0.257 e. The Kier molecular flexibility index (Phi) is 2.67. The first-order valence-electron chi connectivity index (χ1n) is 6.36. The maximum atomic E-state index is 12.4. The first kappa shape index (κ1) is 10.8. The fourth-order valence-corrected chi connectivity index (χ4v) is 3.00. The Bertz CT molecular complexity index is 415. The molecule has 1 amide bonds. The number of hydrogen-bond acceptors (Lipinski definition) is 3. The average Bonchev–Trinajstić information content (AvgIpc) is 3.02. The molecule has 0 aliphatic carbocycles. The molecular weight excluding hydrogens is 216 g/mol. The van der Waals surface area contributed by atoms with E-state index in [2.05, 4.69) is 5.32 Å². The van der Waals surface area contributed by atoms with Crippen LogP contribution in [0, 0.1) is 11.8 Å². The molecule has 2 saturated heterocycles. The summed E-state index contributed by atoms with van der Waals surface area (Å²) < 4.78 is 5.33. The normalized spacial score (nSPS) is 27.5. The summed E-state index contributed by atoms with van der Waals surface area (Å²) in [5, 5.41) is 3.38. The van der Waals surface area contributed by atoms with Crippen molar-refractivity contribution in [3.8, 4) is 0 Å². The lowest BCUT2D eigenvalue weighted by molar-refractivity contribution is 0.0779. The van der Waals surface area contributed by atoms with Crippen LogP contribution in [-0.4, -0.2) is 37.0 Å². The number of amides is 1. The number of nitrogens with one attached hydrogen (secondary N) is 1. The topological polar surface area (TPSA) is 45.5 Å². The fourth-order valence-electron chi connectivity index (χ4n) is 3.00. The van der Waals surface area contributed by atoms with Crippen molar-refractivity contribution in [1.29, 1.82) is 0 Å². The highest BCUT2D eigenvalue weighted by atomic mass is 16.3. The lowest BCUT2D eigenvalue weighted by atomic mass is 10.0. The standard InChI is InChI=1S/C13H18N2O2/c1-2-12-11(3-4-17-12)13(16)15-7-9-5-14-6-10(9)8-15/h3-4,9-10,14H,2,5-8H2,1H3. The summed E-state index contributed by atoms with van der Waals surface area (Å²) in [4.78, 5) is 14.4. The summed E-state index contributed by atoms with van der Waals surface area (Å²) in [7, 11) is 0. The highest BCUT2D eigenvalue weighted by molar-refractivity contribution is 5.95. The second-order valence-electron chi connectivity index (χ2n) is 5.00. The highest BCUT2D eigenvalue weighted by Gasteiger charge is 2.38. The van der Waals surface area contributed by atoms with E-state index in [9.17, 15) is 4.79 Å². The van der Waals surface area contributed by atoms with Gasteiger partial charge in [-0.3, -0.25) is 4.79 Å². The van der Waals surface area contributed by atoms with Gasteiger partial charge in [0.15, 0.2) is 0 Å². The number of likely N-dealkylation sites (tertiary alicyclic amines) is 1. The summed E-state index contributed by atoms with van der Waals surface area (Å²) in [5.74, 6) is 2.25. The van der Waals surface area contributed by atoms with E-state index in [0.717, 1.165) is 43.9 Å². The van der Waals surface area contributed by atoms with Crippen LogP contribution in [0.4, 0.5) is 0 Å². The molecule has 2 fully saturated rings. The average molecular weight is 234 g/mol. The maximum absolute atomic E-state index is 12.4. The third kappa shape index (κ3) is 1.76. The van der Waals surface area contributed by atoms with Crippen molar-refractivity contribution < 1.29 is 9.21 Å². The first-order valence-corrected chi connectivity index (χ1v) is 6.36. The minimum Gasteiger partial charge on any atom is -0.469 e. The Hall–Kier alpha value is -1.29. The van der Waals surface area contributed by atoms with Crippen molar-refractivity contribution >= 4 is 5.91 Å². The van der Waals surface area contributed by atoms with Crippen LogP contribution in [0.5, 0.6) is 0 Å². The zero-order valence-corrected chi connectivity index (χ0v) is 10.1. The number of nitrogens with zero attached hydrogens (tertiary/aromatic N) is 1. The Morgan fingerprint density at radius 1 is 1.47 bits per heavy atom. The molecule has 1 aromatic heterocycles. The molecule has 3 rings (SSSR count). The minimum absolute atomic E-state index is 0.144. The molecular formula is C13H18N2O2. The third-order valence-corrected chi connectivity index (χ3v) is 3.97. The summed E-state index contributed by atoms with van der Waals surface area (Å²) in [6.07, 6.45) is 2.39. The Labute approximate surface area is 101 Å². The van der Waals surface area contributed by atoms with Gasteiger partial charge in [-0.2, -0.15) is 0 Å². The van der Waals surface area contributed by atoms with Crippen molar-refractivity contribution in [2.75, 3.05) is 26.2 Å². The number of rotatable bonds is 2. The van der Waals surface area contributed by atoms with Crippen LogP contribution in [-0.2, 0) is 6.42 Å². The monoisotopic (exact) mass is 234 g/mol. The SMILES string of the molecule is CCc1occc1C(=O)N1CC2CNCC2C1. The molecule has 92 valence electrons.